The number of piperazine rings is 1. The van der Waals surface area contributed by atoms with E-state index in [9.17, 15) is 4.79 Å². The van der Waals surface area contributed by atoms with Gasteiger partial charge in [0, 0.05) is 50.6 Å². The monoisotopic (exact) mass is 276 g/mol. The number of rotatable bonds is 4. The molecule has 0 spiro atoms. The molecule has 1 aliphatic heterocycles. The summed E-state index contributed by atoms with van der Waals surface area (Å²) in [5.41, 5.74) is 2.06. The molecule has 0 unspecified atom stereocenters. The van der Waals surface area contributed by atoms with E-state index in [0.717, 1.165) is 45.0 Å². The molecule has 1 heterocycles. The third-order valence-corrected chi connectivity index (χ3v) is 3.65. The van der Waals surface area contributed by atoms with Crippen LogP contribution in [0.1, 0.15) is 13.8 Å². The molecule has 0 aliphatic carbocycles. The fraction of sp³-hybridized carbons (Fsp3) is 0.533. The van der Waals surface area contributed by atoms with Gasteiger partial charge in [-0.2, -0.15) is 0 Å². The van der Waals surface area contributed by atoms with Crippen LogP contribution in [0.2, 0.25) is 0 Å². The minimum atomic E-state index is -0.0371. The summed E-state index contributed by atoms with van der Waals surface area (Å²) in [4.78, 5) is 16.1. The summed E-state index contributed by atoms with van der Waals surface area (Å²) in [6.07, 6.45) is 0. The SMILES string of the molecule is CCN(CC)C(=O)Nc1ccc(N2CCNCC2)cc1. The van der Waals surface area contributed by atoms with Gasteiger partial charge in [-0.3, -0.25) is 0 Å². The molecule has 1 aromatic carbocycles. The Morgan fingerprint density at radius 2 is 1.80 bits per heavy atom. The normalized spacial score (nSPS) is 15.0. The molecule has 0 radical (unpaired) electrons. The Morgan fingerprint density at radius 3 is 2.35 bits per heavy atom. The minimum absolute atomic E-state index is 0.0371. The first kappa shape index (κ1) is 14.7. The van der Waals surface area contributed by atoms with Gasteiger partial charge in [0.1, 0.15) is 0 Å². The Kier molecular flexibility index (Phi) is 5.24. The molecular formula is C15H24N4O. The summed E-state index contributed by atoms with van der Waals surface area (Å²) in [6.45, 7) is 9.53. The van der Waals surface area contributed by atoms with Crippen LogP contribution in [-0.4, -0.2) is 50.2 Å². The van der Waals surface area contributed by atoms with Crippen molar-refractivity contribution in [2.45, 2.75) is 13.8 Å². The lowest BCUT2D eigenvalue weighted by molar-refractivity contribution is 0.217. The Balaban J connectivity index is 1.95. The van der Waals surface area contributed by atoms with Crippen LogP contribution >= 0.6 is 0 Å². The van der Waals surface area contributed by atoms with Crippen molar-refractivity contribution < 1.29 is 4.79 Å². The lowest BCUT2D eigenvalue weighted by Gasteiger charge is -2.29. The molecule has 0 saturated carbocycles. The van der Waals surface area contributed by atoms with E-state index >= 15 is 0 Å². The third kappa shape index (κ3) is 3.63. The molecule has 110 valence electrons. The van der Waals surface area contributed by atoms with Crippen molar-refractivity contribution in [1.29, 1.82) is 0 Å². The molecule has 1 saturated heterocycles. The van der Waals surface area contributed by atoms with Gasteiger partial charge in [-0.1, -0.05) is 0 Å². The molecule has 5 nitrogen and oxygen atoms in total. The molecule has 0 aromatic heterocycles. The van der Waals surface area contributed by atoms with Crippen molar-refractivity contribution in [2.24, 2.45) is 0 Å². The zero-order valence-electron chi connectivity index (χ0n) is 12.4. The van der Waals surface area contributed by atoms with Crippen molar-refractivity contribution >= 4 is 17.4 Å². The van der Waals surface area contributed by atoms with Gasteiger partial charge in [0.15, 0.2) is 0 Å². The summed E-state index contributed by atoms with van der Waals surface area (Å²) >= 11 is 0. The van der Waals surface area contributed by atoms with Crippen molar-refractivity contribution in [3.05, 3.63) is 24.3 Å². The zero-order chi connectivity index (χ0) is 14.4. The number of hydrogen-bond acceptors (Lipinski definition) is 3. The summed E-state index contributed by atoms with van der Waals surface area (Å²) in [6, 6.07) is 8.05. The topological polar surface area (TPSA) is 47.6 Å². The maximum absolute atomic E-state index is 12.0. The van der Waals surface area contributed by atoms with Crippen molar-refractivity contribution in [3.63, 3.8) is 0 Å². The minimum Gasteiger partial charge on any atom is -0.369 e. The fourth-order valence-corrected chi connectivity index (χ4v) is 2.39. The van der Waals surface area contributed by atoms with E-state index in [2.05, 4.69) is 27.7 Å². The Bertz CT molecular complexity index is 422. The third-order valence-electron chi connectivity index (χ3n) is 3.65. The van der Waals surface area contributed by atoms with E-state index in [4.69, 9.17) is 0 Å². The Labute approximate surface area is 120 Å². The van der Waals surface area contributed by atoms with Crippen molar-refractivity contribution in [2.75, 3.05) is 49.5 Å². The summed E-state index contributed by atoms with van der Waals surface area (Å²) in [7, 11) is 0. The average molecular weight is 276 g/mol. The highest BCUT2D eigenvalue weighted by molar-refractivity contribution is 5.89. The molecule has 1 aliphatic rings. The van der Waals surface area contributed by atoms with E-state index in [0.29, 0.717) is 0 Å². The number of anilines is 2. The molecule has 1 fully saturated rings. The highest BCUT2D eigenvalue weighted by Crippen LogP contribution is 2.18. The molecule has 2 N–H and O–H groups in total. The number of benzene rings is 1. The maximum Gasteiger partial charge on any atom is 0.321 e. The van der Waals surface area contributed by atoms with Crippen molar-refractivity contribution in [3.8, 4) is 0 Å². The number of urea groups is 1. The Hall–Kier alpha value is -1.75. The van der Waals surface area contributed by atoms with E-state index in [1.165, 1.54) is 5.69 Å². The van der Waals surface area contributed by atoms with Crippen LogP contribution in [0.5, 0.6) is 0 Å². The van der Waals surface area contributed by atoms with Crippen LogP contribution in [-0.2, 0) is 0 Å². The number of nitrogens with one attached hydrogen (secondary N) is 2. The molecule has 1 aromatic rings. The van der Waals surface area contributed by atoms with Gasteiger partial charge >= 0.3 is 6.03 Å². The lowest BCUT2D eigenvalue weighted by Crippen LogP contribution is -2.43. The largest absolute Gasteiger partial charge is 0.369 e. The van der Waals surface area contributed by atoms with E-state index < -0.39 is 0 Å². The second-order valence-corrected chi connectivity index (χ2v) is 4.89. The predicted molar refractivity (Wildman–Crippen MR) is 83.5 cm³/mol. The second kappa shape index (κ2) is 7.14. The van der Waals surface area contributed by atoms with Gasteiger partial charge in [-0.25, -0.2) is 4.79 Å². The molecule has 5 heteroatoms. The molecule has 2 amide bonds. The van der Waals surface area contributed by atoms with Crippen LogP contribution < -0.4 is 15.5 Å². The van der Waals surface area contributed by atoms with Gasteiger partial charge in [-0.15, -0.1) is 0 Å². The zero-order valence-corrected chi connectivity index (χ0v) is 12.4. The fourth-order valence-electron chi connectivity index (χ4n) is 2.39. The van der Waals surface area contributed by atoms with Crippen molar-refractivity contribution in [1.82, 2.24) is 10.2 Å². The molecular weight excluding hydrogens is 252 g/mol. The first-order valence-electron chi connectivity index (χ1n) is 7.36. The van der Waals surface area contributed by atoms with Gasteiger partial charge < -0.3 is 20.4 Å². The average Bonchev–Trinajstić information content (AvgIpc) is 2.50. The quantitative estimate of drug-likeness (QED) is 0.884. The van der Waals surface area contributed by atoms with Crippen LogP contribution in [0, 0.1) is 0 Å². The molecule has 0 bridgehead atoms. The van der Waals surface area contributed by atoms with Crippen LogP contribution in [0.4, 0.5) is 16.2 Å². The van der Waals surface area contributed by atoms with E-state index in [1.54, 1.807) is 4.90 Å². The Morgan fingerprint density at radius 1 is 1.20 bits per heavy atom. The summed E-state index contributed by atoms with van der Waals surface area (Å²) < 4.78 is 0. The number of carbonyl (C=O) groups is 1. The van der Waals surface area contributed by atoms with Crippen LogP contribution in [0.25, 0.3) is 0 Å². The number of carbonyl (C=O) groups excluding carboxylic acids is 1. The molecule has 20 heavy (non-hydrogen) atoms. The summed E-state index contributed by atoms with van der Waals surface area (Å²) in [5.74, 6) is 0. The first-order chi connectivity index (χ1) is 9.74. The van der Waals surface area contributed by atoms with E-state index in [-0.39, 0.29) is 6.03 Å². The maximum atomic E-state index is 12.0. The van der Waals surface area contributed by atoms with Crippen LogP contribution in [0.15, 0.2) is 24.3 Å². The highest BCUT2D eigenvalue weighted by Gasteiger charge is 2.11. The number of amides is 2. The lowest BCUT2D eigenvalue weighted by atomic mass is 10.2. The van der Waals surface area contributed by atoms with Crippen LogP contribution in [0.3, 0.4) is 0 Å². The van der Waals surface area contributed by atoms with Gasteiger partial charge in [0.2, 0.25) is 0 Å². The van der Waals surface area contributed by atoms with E-state index in [1.807, 2.05) is 26.0 Å². The first-order valence-corrected chi connectivity index (χ1v) is 7.36. The standard InChI is InChI=1S/C15H24N4O/c1-3-18(4-2)15(20)17-13-5-7-14(8-6-13)19-11-9-16-10-12-19/h5-8,16H,3-4,9-12H2,1-2H3,(H,17,20). The smallest absolute Gasteiger partial charge is 0.321 e. The predicted octanol–water partition coefficient (Wildman–Crippen LogP) is 1.97. The number of nitrogens with zero attached hydrogens (tertiary/aromatic N) is 2. The molecule has 0 atom stereocenters. The molecule has 2 rings (SSSR count). The highest BCUT2D eigenvalue weighted by atomic mass is 16.2. The number of hydrogen-bond donors (Lipinski definition) is 2. The van der Waals surface area contributed by atoms with Gasteiger partial charge in [-0.05, 0) is 38.1 Å². The van der Waals surface area contributed by atoms with Gasteiger partial charge in [0.25, 0.3) is 0 Å². The second-order valence-electron chi connectivity index (χ2n) is 4.89. The van der Waals surface area contributed by atoms with Gasteiger partial charge in [0.05, 0.1) is 0 Å². The summed E-state index contributed by atoms with van der Waals surface area (Å²) in [5, 5.41) is 6.27.